The zero-order chi connectivity index (χ0) is 13.9. The number of hydrogen-bond donors (Lipinski definition) is 2. The number of aliphatic hydroxyl groups excluding tert-OH is 1. The third kappa shape index (κ3) is 7.88. The summed E-state index contributed by atoms with van der Waals surface area (Å²) in [5, 5.41) is 13.3. The lowest BCUT2D eigenvalue weighted by Gasteiger charge is -2.29. The first-order chi connectivity index (χ1) is 9.24. The second-order valence-corrected chi connectivity index (χ2v) is 5.52. The molecule has 0 aromatic rings. The van der Waals surface area contributed by atoms with Gasteiger partial charge in [-0.25, -0.2) is 0 Å². The van der Waals surface area contributed by atoms with Crippen molar-refractivity contribution in [3.8, 4) is 0 Å². The number of ether oxygens (including phenoxy) is 2. The lowest BCUT2D eigenvalue weighted by molar-refractivity contribution is 0.00515. The molecule has 0 spiro atoms. The predicted octanol–water partition coefficient (Wildman–Crippen LogP) is 1.96. The van der Waals surface area contributed by atoms with Gasteiger partial charge in [-0.05, 0) is 32.6 Å². The molecular formula is C15H31NO3. The highest BCUT2D eigenvalue weighted by molar-refractivity contribution is 4.76. The van der Waals surface area contributed by atoms with E-state index in [-0.39, 0.29) is 0 Å². The summed E-state index contributed by atoms with van der Waals surface area (Å²) in [6.45, 7) is 7.08. The summed E-state index contributed by atoms with van der Waals surface area (Å²) in [6.07, 6.45) is 6.34. The van der Waals surface area contributed by atoms with Crippen molar-refractivity contribution >= 4 is 0 Å². The van der Waals surface area contributed by atoms with Gasteiger partial charge in [-0.1, -0.05) is 19.3 Å². The van der Waals surface area contributed by atoms with Gasteiger partial charge < -0.3 is 19.9 Å². The molecule has 19 heavy (non-hydrogen) atoms. The third-order valence-electron chi connectivity index (χ3n) is 3.92. The average Bonchev–Trinajstić information content (AvgIpc) is 2.45. The van der Waals surface area contributed by atoms with Crippen molar-refractivity contribution in [3.63, 3.8) is 0 Å². The van der Waals surface area contributed by atoms with Crippen molar-refractivity contribution in [2.24, 2.45) is 5.92 Å². The molecule has 0 heterocycles. The molecule has 1 unspecified atom stereocenters. The van der Waals surface area contributed by atoms with Gasteiger partial charge in [-0.15, -0.1) is 0 Å². The minimum atomic E-state index is -0.423. The Balaban J connectivity index is 2.00. The Bertz CT molecular complexity index is 208. The van der Waals surface area contributed by atoms with E-state index in [0.717, 1.165) is 5.92 Å². The maximum absolute atomic E-state index is 9.82. The van der Waals surface area contributed by atoms with Gasteiger partial charge in [-0.3, -0.25) is 0 Å². The van der Waals surface area contributed by atoms with Gasteiger partial charge in [0.05, 0.1) is 25.9 Å². The molecule has 1 aliphatic rings. The molecule has 4 heteroatoms. The quantitative estimate of drug-likeness (QED) is 0.597. The summed E-state index contributed by atoms with van der Waals surface area (Å²) in [4.78, 5) is 0. The SMILES string of the molecule is CCOCCOCC(O)CN[C@@H](C)C1CCCCC1. The minimum Gasteiger partial charge on any atom is -0.389 e. The van der Waals surface area contributed by atoms with Crippen molar-refractivity contribution in [1.82, 2.24) is 5.32 Å². The van der Waals surface area contributed by atoms with Crippen LogP contribution in [0.5, 0.6) is 0 Å². The molecule has 0 amide bonds. The topological polar surface area (TPSA) is 50.7 Å². The molecule has 0 radical (unpaired) electrons. The highest BCUT2D eigenvalue weighted by atomic mass is 16.5. The van der Waals surface area contributed by atoms with Crippen LogP contribution in [0, 0.1) is 5.92 Å². The van der Waals surface area contributed by atoms with Crippen molar-refractivity contribution in [2.75, 3.05) is 33.0 Å². The van der Waals surface area contributed by atoms with Gasteiger partial charge in [0, 0.05) is 19.2 Å². The fourth-order valence-electron chi connectivity index (χ4n) is 2.66. The molecule has 4 nitrogen and oxygen atoms in total. The third-order valence-corrected chi connectivity index (χ3v) is 3.92. The minimum absolute atomic E-state index is 0.386. The molecule has 0 bridgehead atoms. The smallest absolute Gasteiger partial charge is 0.0897 e. The summed E-state index contributed by atoms with van der Waals surface area (Å²) >= 11 is 0. The highest BCUT2D eigenvalue weighted by Crippen LogP contribution is 2.26. The standard InChI is InChI=1S/C15H31NO3/c1-3-18-9-10-19-12-15(17)11-16-13(2)14-7-5-4-6-8-14/h13-17H,3-12H2,1-2H3/t13-,15?/m0/s1. The Labute approximate surface area is 117 Å². The second-order valence-electron chi connectivity index (χ2n) is 5.52. The highest BCUT2D eigenvalue weighted by Gasteiger charge is 2.20. The molecule has 0 aromatic heterocycles. The first-order valence-electron chi connectivity index (χ1n) is 7.81. The largest absolute Gasteiger partial charge is 0.389 e. The molecule has 0 aromatic carbocycles. The predicted molar refractivity (Wildman–Crippen MR) is 77.4 cm³/mol. The van der Waals surface area contributed by atoms with Gasteiger partial charge in [-0.2, -0.15) is 0 Å². The number of aliphatic hydroxyl groups is 1. The Hall–Kier alpha value is -0.160. The molecule has 1 saturated carbocycles. The van der Waals surface area contributed by atoms with E-state index in [1.165, 1.54) is 32.1 Å². The van der Waals surface area contributed by atoms with E-state index < -0.39 is 6.10 Å². The van der Waals surface area contributed by atoms with E-state index in [0.29, 0.717) is 39.0 Å². The number of nitrogens with one attached hydrogen (secondary N) is 1. The Morgan fingerprint density at radius 1 is 1.16 bits per heavy atom. The van der Waals surface area contributed by atoms with E-state index in [4.69, 9.17) is 9.47 Å². The zero-order valence-electron chi connectivity index (χ0n) is 12.6. The normalized spacial score (nSPS) is 20.4. The first-order valence-corrected chi connectivity index (χ1v) is 7.81. The molecular weight excluding hydrogens is 242 g/mol. The summed E-state index contributed by atoms with van der Waals surface area (Å²) in [7, 11) is 0. The Morgan fingerprint density at radius 2 is 1.84 bits per heavy atom. The molecule has 1 fully saturated rings. The van der Waals surface area contributed by atoms with Gasteiger partial charge in [0.25, 0.3) is 0 Å². The van der Waals surface area contributed by atoms with E-state index in [1.54, 1.807) is 0 Å². The average molecular weight is 273 g/mol. The van der Waals surface area contributed by atoms with E-state index >= 15 is 0 Å². The summed E-state index contributed by atoms with van der Waals surface area (Å²) < 4.78 is 10.5. The summed E-state index contributed by atoms with van der Waals surface area (Å²) in [5.41, 5.74) is 0. The Morgan fingerprint density at radius 3 is 2.53 bits per heavy atom. The second kappa shape index (κ2) is 10.6. The molecule has 2 N–H and O–H groups in total. The monoisotopic (exact) mass is 273 g/mol. The van der Waals surface area contributed by atoms with Crippen LogP contribution in [-0.4, -0.2) is 50.2 Å². The maximum atomic E-state index is 9.82. The summed E-state index contributed by atoms with van der Waals surface area (Å²) in [6, 6.07) is 0.498. The number of rotatable bonds is 10. The zero-order valence-corrected chi connectivity index (χ0v) is 12.6. The molecule has 0 saturated heterocycles. The van der Waals surface area contributed by atoms with Crippen LogP contribution in [0.3, 0.4) is 0 Å². The van der Waals surface area contributed by atoms with Gasteiger partial charge in [0.1, 0.15) is 0 Å². The van der Waals surface area contributed by atoms with Gasteiger partial charge >= 0.3 is 0 Å². The van der Waals surface area contributed by atoms with Gasteiger partial charge in [0.15, 0.2) is 0 Å². The first kappa shape index (κ1) is 16.9. The molecule has 2 atom stereocenters. The molecule has 0 aliphatic heterocycles. The molecule has 1 aliphatic carbocycles. The molecule has 1 rings (SSSR count). The van der Waals surface area contributed by atoms with Crippen LogP contribution >= 0.6 is 0 Å². The summed E-state index contributed by atoms with van der Waals surface area (Å²) in [5.74, 6) is 0.778. The Kier molecular flexibility index (Phi) is 9.43. The van der Waals surface area contributed by atoms with Gasteiger partial charge in [0.2, 0.25) is 0 Å². The van der Waals surface area contributed by atoms with Crippen LogP contribution in [0.15, 0.2) is 0 Å². The van der Waals surface area contributed by atoms with Crippen molar-refractivity contribution in [2.45, 2.75) is 58.1 Å². The maximum Gasteiger partial charge on any atom is 0.0897 e. The fraction of sp³-hybridized carbons (Fsp3) is 1.00. The van der Waals surface area contributed by atoms with E-state index in [9.17, 15) is 5.11 Å². The number of hydrogen-bond acceptors (Lipinski definition) is 4. The molecule has 114 valence electrons. The van der Waals surface area contributed by atoms with Crippen LogP contribution in [0.2, 0.25) is 0 Å². The van der Waals surface area contributed by atoms with Crippen LogP contribution in [0.1, 0.15) is 46.0 Å². The van der Waals surface area contributed by atoms with E-state index in [1.807, 2.05) is 6.92 Å². The lowest BCUT2D eigenvalue weighted by Crippen LogP contribution is -2.40. The van der Waals surface area contributed by atoms with Crippen LogP contribution in [-0.2, 0) is 9.47 Å². The lowest BCUT2D eigenvalue weighted by atomic mass is 9.84. The van der Waals surface area contributed by atoms with Crippen molar-refractivity contribution in [3.05, 3.63) is 0 Å². The van der Waals surface area contributed by atoms with Crippen LogP contribution < -0.4 is 5.32 Å². The van der Waals surface area contributed by atoms with Crippen molar-refractivity contribution in [1.29, 1.82) is 0 Å². The van der Waals surface area contributed by atoms with Crippen molar-refractivity contribution < 1.29 is 14.6 Å². The van der Waals surface area contributed by atoms with Crippen LogP contribution in [0.4, 0.5) is 0 Å². The van der Waals surface area contributed by atoms with E-state index in [2.05, 4.69) is 12.2 Å². The fourth-order valence-corrected chi connectivity index (χ4v) is 2.66. The van der Waals surface area contributed by atoms with Crippen LogP contribution in [0.25, 0.3) is 0 Å².